The number of hydrogen-bond acceptors (Lipinski definition) is 2. The number of nitrogens with two attached hydrogens (primary N) is 1. The smallest absolute Gasteiger partial charge is 0.123 e. The lowest BCUT2D eigenvalue weighted by atomic mass is 10.2. The largest absolute Gasteiger partial charge is 0.494 e. The van der Waals surface area contributed by atoms with Crippen LogP contribution in [0.3, 0.4) is 0 Å². The standard InChI is InChI=1S/C11H16FNO.ClH/c12-10-4-6-11(7-5-10)14-9-3-1-2-8-13;/h4-7H,1-3,8-9,13H2;1H. The van der Waals surface area contributed by atoms with Gasteiger partial charge in [-0.05, 0) is 50.1 Å². The van der Waals surface area contributed by atoms with Crippen LogP contribution >= 0.6 is 12.4 Å². The molecule has 2 nitrogen and oxygen atoms in total. The highest BCUT2D eigenvalue weighted by atomic mass is 35.5. The Labute approximate surface area is 96.0 Å². The second-order valence-electron chi connectivity index (χ2n) is 3.15. The summed E-state index contributed by atoms with van der Waals surface area (Å²) < 4.78 is 17.9. The first-order chi connectivity index (χ1) is 6.83. The van der Waals surface area contributed by atoms with E-state index in [2.05, 4.69) is 0 Å². The first-order valence-electron chi connectivity index (χ1n) is 4.91. The molecule has 0 spiro atoms. The quantitative estimate of drug-likeness (QED) is 0.767. The molecule has 0 bridgehead atoms. The molecule has 1 aromatic carbocycles. The average molecular weight is 234 g/mol. The summed E-state index contributed by atoms with van der Waals surface area (Å²) >= 11 is 0. The molecule has 86 valence electrons. The third-order valence-corrected chi connectivity index (χ3v) is 1.93. The van der Waals surface area contributed by atoms with Gasteiger partial charge >= 0.3 is 0 Å². The summed E-state index contributed by atoms with van der Waals surface area (Å²) in [5, 5.41) is 0. The van der Waals surface area contributed by atoms with Crippen molar-refractivity contribution in [2.24, 2.45) is 5.73 Å². The van der Waals surface area contributed by atoms with E-state index in [1.54, 1.807) is 12.1 Å². The van der Waals surface area contributed by atoms with E-state index in [4.69, 9.17) is 10.5 Å². The molecule has 15 heavy (non-hydrogen) atoms. The molecular weight excluding hydrogens is 217 g/mol. The third kappa shape index (κ3) is 6.31. The lowest BCUT2D eigenvalue weighted by Gasteiger charge is -2.05. The molecule has 1 rings (SSSR count). The molecule has 0 aliphatic rings. The zero-order chi connectivity index (χ0) is 10.2. The van der Waals surface area contributed by atoms with Crippen molar-refractivity contribution < 1.29 is 9.13 Å². The Hall–Kier alpha value is -0.800. The summed E-state index contributed by atoms with van der Waals surface area (Å²) in [5.41, 5.74) is 5.36. The molecule has 0 heterocycles. The lowest BCUT2D eigenvalue weighted by Crippen LogP contribution is -2.01. The van der Waals surface area contributed by atoms with Crippen molar-refractivity contribution in [3.63, 3.8) is 0 Å². The van der Waals surface area contributed by atoms with Crippen LogP contribution in [0.5, 0.6) is 5.75 Å². The van der Waals surface area contributed by atoms with Crippen molar-refractivity contribution >= 4 is 12.4 Å². The van der Waals surface area contributed by atoms with Gasteiger partial charge in [-0.15, -0.1) is 12.4 Å². The van der Waals surface area contributed by atoms with Crippen molar-refractivity contribution in [3.05, 3.63) is 30.1 Å². The highest BCUT2D eigenvalue weighted by Crippen LogP contribution is 2.11. The van der Waals surface area contributed by atoms with Gasteiger partial charge in [-0.3, -0.25) is 0 Å². The summed E-state index contributed by atoms with van der Waals surface area (Å²) in [6.45, 7) is 1.40. The van der Waals surface area contributed by atoms with Gasteiger partial charge in [-0.25, -0.2) is 4.39 Å². The topological polar surface area (TPSA) is 35.2 Å². The maximum atomic E-state index is 12.5. The van der Waals surface area contributed by atoms with E-state index in [0.29, 0.717) is 6.61 Å². The van der Waals surface area contributed by atoms with Crippen molar-refractivity contribution in [2.75, 3.05) is 13.2 Å². The predicted molar refractivity (Wildman–Crippen MR) is 62.0 cm³/mol. The summed E-state index contributed by atoms with van der Waals surface area (Å²) in [5.74, 6) is 0.486. The monoisotopic (exact) mass is 233 g/mol. The second kappa shape index (κ2) is 8.50. The van der Waals surface area contributed by atoms with E-state index < -0.39 is 0 Å². The molecule has 0 saturated carbocycles. The van der Waals surface area contributed by atoms with Crippen molar-refractivity contribution in [1.82, 2.24) is 0 Å². The molecule has 0 unspecified atom stereocenters. The number of benzene rings is 1. The van der Waals surface area contributed by atoms with E-state index in [9.17, 15) is 4.39 Å². The van der Waals surface area contributed by atoms with Gasteiger partial charge in [-0.2, -0.15) is 0 Å². The van der Waals surface area contributed by atoms with Crippen LogP contribution in [-0.2, 0) is 0 Å². The Balaban J connectivity index is 0.00000196. The molecule has 4 heteroatoms. The van der Waals surface area contributed by atoms with Gasteiger partial charge < -0.3 is 10.5 Å². The fourth-order valence-electron chi connectivity index (χ4n) is 1.14. The highest BCUT2D eigenvalue weighted by molar-refractivity contribution is 5.85. The number of rotatable bonds is 6. The van der Waals surface area contributed by atoms with Crippen LogP contribution in [0.15, 0.2) is 24.3 Å². The molecule has 1 aromatic rings. The van der Waals surface area contributed by atoms with E-state index in [1.165, 1.54) is 12.1 Å². The molecule has 0 aliphatic heterocycles. The average Bonchev–Trinajstić information content (AvgIpc) is 2.21. The fraction of sp³-hybridized carbons (Fsp3) is 0.455. The Morgan fingerprint density at radius 2 is 1.73 bits per heavy atom. The SMILES string of the molecule is Cl.NCCCCCOc1ccc(F)cc1. The van der Waals surface area contributed by atoms with Gasteiger partial charge in [0.2, 0.25) is 0 Å². The van der Waals surface area contributed by atoms with E-state index >= 15 is 0 Å². The molecule has 0 saturated heterocycles. The van der Waals surface area contributed by atoms with Gasteiger partial charge in [0, 0.05) is 0 Å². The zero-order valence-electron chi connectivity index (χ0n) is 8.62. The number of hydrogen-bond donors (Lipinski definition) is 1. The van der Waals surface area contributed by atoms with Crippen molar-refractivity contribution in [2.45, 2.75) is 19.3 Å². The van der Waals surface area contributed by atoms with Crippen LogP contribution in [0.1, 0.15) is 19.3 Å². The molecule has 0 aliphatic carbocycles. The number of unbranched alkanes of at least 4 members (excludes halogenated alkanes) is 2. The highest BCUT2D eigenvalue weighted by Gasteiger charge is 1.94. The van der Waals surface area contributed by atoms with Crippen LogP contribution < -0.4 is 10.5 Å². The zero-order valence-corrected chi connectivity index (χ0v) is 9.43. The third-order valence-electron chi connectivity index (χ3n) is 1.93. The Morgan fingerprint density at radius 1 is 1.07 bits per heavy atom. The van der Waals surface area contributed by atoms with E-state index in [0.717, 1.165) is 31.6 Å². The van der Waals surface area contributed by atoms with Crippen LogP contribution in [0.25, 0.3) is 0 Å². The fourth-order valence-corrected chi connectivity index (χ4v) is 1.14. The molecule has 0 aromatic heterocycles. The number of ether oxygens (including phenoxy) is 1. The minimum Gasteiger partial charge on any atom is -0.494 e. The maximum absolute atomic E-state index is 12.5. The molecule has 0 amide bonds. The molecule has 0 radical (unpaired) electrons. The Morgan fingerprint density at radius 3 is 2.33 bits per heavy atom. The van der Waals surface area contributed by atoms with Crippen LogP contribution in [0.2, 0.25) is 0 Å². The summed E-state index contributed by atoms with van der Waals surface area (Å²) in [6.07, 6.45) is 3.11. The maximum Gasteiger partial charge on any atom is 0.123 e. The molecule has 2 N–H and O–H groups in total. The van der Waals surface area contributed by atoms with Crippen LogP contribution in [-0.4, -0.2) is 13.2 Å². The Bertz CT molecular complexity index is 253. The first-order valence-corrected chi connectivity index (χ1v) is 4.91. The van der Waals surface area contributed by atoms with Crippen molar-refractivity contribution in [3.8, 4) is 5.75 Å². The van der Waals surface area contributed by atoms with Crippen LogP contribution in [0.4, 0.5) is 4.39 Å². The summed E-state index contributed by atoms with van der Waals surface area (Å²) in [4.78, 5) is 0. The Kier molecular flexibility index (Phi) is 8.05. The summed E-state index contributed by atoms with van der Waals surface area (Å²) in [7, 11) is 0. The van der Waals surface area contributed by atoms with E-state index in [1.807, 2.05) is 0 Å². The predicted octanol–water partition coefficient (Wildman–Crippen LogP) is 2.76. The van der Waals surface area contributed by atoms with Crippen molar-refractivity contribution in [1.29, 1.82) is 0 Å². The van der Waals surface area contributed by atoms with Gasteiger partial charge in [0.25, 0.3) is 0 Å². The minimum atomic E-state index is -0.236. The van der Waals surface area contributed by atoms with Gasteiger partial charge in [0.1, 0.15) is 11.6 Å². The summed E-state index contributed by atoms with van der Waals surface area (Å²) in [6, 6.07) is 6.07. The normalized spacial score (nSPS) is 9.47. The molecule has 0 fully saturated rings. The van der Waals surface area contributed by atoms with Gasteiger partial charge in [0.15, 0.2) is 0 Å². The number of halogens is 2. The lowest BCUT2D eigenvalue weighted by molar-refractivity contribution is 0.305. The van der Waals surface area contributed by atoms with E-state index in [-0.39, 0.29) is 18.2 Å². The molecule has 0 atom stereocenters. The molecular formula is C11H17ClFNO. The first kappa shape index (κ1) is 14.2. The minimum absolute atomic E-state index is 0. The van der Waals surface area contributed by atoms with Gasteiger partial charge in [-0.1, -0.05) is 0 Å². The second-order valence-corrected chi connectivity index (χ2v) is 3.15. The van der Waals surface area contributed by atoms with Crippen LogP contribution in [0, 0.1) is 5.82 Å². The van der Waals surface area contributed by atoms with Gasteiger partial charge in [0.05, 0.1) is 6.61 Å².